The Hall–Kier alpha value is -1.20. The average Bonchev–Trinajstić information content (AvgIpc) is 2.82. The van der Waals surface area contributed by atoms with Gasteiger partial charge in [0.15, 0.2) is 0 Å². The second-order valence-electron chi connectivity index (χ2n) is 3.43. The molecule has 17 heavy (non-hydrogen) atoms. The highest BCUT2D eigenvalue weighted by Crippen LogP contribution is 2.32. The van der Waals surface area contributed by atoms with Crippen LogP contribution in [0.5, 0.6) is 5.88 Å². The van der Waals surface area contributed by atoms with E-state index in [2.05, 4.69) is 18.0 Å². The number of nitrogens with two attached hydrogens (primary N) is 1. The largest absolute Gasteiger partial charge is 0.476 e. The highest BCUT2D eigenvalue weighted by Gasteiger charge is 2.06. The number of hydrogen-bond acceptors (Lipinski definition) is 5. The lowest BCUT2D eigenvalue weighted by molar-refractivity contribution is 0.305. The number of nitrogens with zero attached hydrogens (tertiary/aromatic N) is 1. The topological polar surface area (TPSA) is 48.1 Å². The van der Waals surface area contributed by atoms with Gasteiger partial charge in [-0.05, 0) is 30.0 Å². The van der Waals surface area contributed by atoms with Crippen LogP contribution in [0.25, 0.3) is 0 Å². The van der Waals surface area contributed by atoms with Gasteiger partial charge in [0, 0.05) is 0 Å². The predicted molar refractivity (Wildman–Crippen MR) is 72.9 cm³/mol. The van der Waals surface area contributed by atoms with Crippen molar-refractivity contribution in [1.82, 2.24) is 4.98 Å². The molecule has 0 aliphatic carbocycles. The molecule has 90 valence electrons. The number of aromatic nitrogens is 1. The molecule has 0 aliphatic heterocycles. The first-order valence-electron chi connectivity index (χ1n) is 5.40. The van der Waals surface area contributed by atoms with E-state index in [1.54, 1.807) is 23.1 Å². The number of ether oxygens (including phenoxy) is 1. The van der Waals surface area contributed by atoms with Crippen molar-refractivity contribution in [3.63, 3.8) is 0 Å². The van der Waals surface area contributed by atoms with Crippen molar-refractivity contribution in [2.45, 2.75) is 22.6 Å². The van der Waals surface area contributed by atoms with Crippen LogP contribution in [0.2, 0.25) is 0 Å². The zero-order valence-electron chi connectivity index (χ0n) is 9.55. The smallest absolute Gasteiger partial charge is 0.238 e. The monoisotopic (exact) mass is 266 g/mol. The third-order valence-electron chi connectivity index (χ3n) is 2.01. The van der Waals surface area contributed by atoms with E-state index < -0.39 is 0 Å². The Morgan fingerprint density at radius 2 is 2.29 bits per heavy atom. The van der Waals surface area contributed by atoms with Gasteiger partial charge in [-0.1, -0.05) is 24.8 Å². The van der Waals surface area contributed by atoms with Crippen molar-refractivity contribution in [2.75, 3.05) is 12.3 Å². The Labute approximate surface area is 109 Å². The molecule has 2 heterocycles. The summed E-state index contributed by atoms with van der Waals surface area (Å²) in [6.45, 7) is 2.70. The van der Waals surface area contributed by atoms with Crippen molar-refractivity contribution < 1.29 is 4.74 Å². The molecule has 0 aromatic carbocycles. The van der Waals surface area contributed by atoms with E-state index in [1.807, 2.05) is 23.6 Å². The Bertz CT molecular complexity index is 471. The molecule has 0 aliphatic rings. The number of pyridine rings is 1. The van der Waals surface area contributed by atoms with Crippen LogP contribution in [0.4, 0.5) is 5.69 Å². The number of nitrogen functional groups attached to an aromatic ring is 1. The number of anilines is 1. The van der Waals surface area contributed by atoms with E-state index in [0.717, 1.165) is 11.4 Å². The summed E-state index contributed by atoms with van der Waals surface area (Å²) in [4.78, 5) is 4.41. The molecule has 5 heteroatoms. The zero-order valence-corrected chi connectivity index (χ0v) is 11.2. The summed E-state index contributed by atoms with van der Waals surface area (Å²) < 4.78 is 6.71. The van der Waals surface area contributed by atoms with Crippen LogP contribution in [-0.4, -0.2) is 11.6 Å². The predicted octanol–water partition coefficient (Wildman–Crippen LogP) is 3.67. The summed E-state index contributed by atoms with van der Waals surface area (Å²) in [6, 6.07) is 7.85. The lowest BCUT2D eigenvalue weighted by Crippen LogP contribution is -2.01. The SMILES string of the molecule is CCCOc1nc(Sc2cccs2)ccc1N. The minimum absolute atomic E-state index is 0.536. The lowest BCUT2D eigenvalue weighted by atomic mass is 10.4. The third-order valence-corrected chi connectivity index (χ3v) is 3.98. The molecule has 3 nitrogen and oxygen atoms in total. The first-order valence-corrected chi connectivity index (χ1v) is 7.10. The van der Waals surface area contributed by atoms with Crippen LogP contribution in [0.1, 0.15) is 13.3 Å². The van der Waals surface area contributed by atoms with Crippen molar-refractivity contribution >= 4 is 28.8 Å². The molecule has 2 rings (SSSR count). The standard InChI is InChI=1S/C12H14N2OS2/c1-2-7-15-12-9(13)5-6-10(14-12)17-11-4-3-8-16-11/h3-6,8H,2,7,13H2,1H3. The van der Waals surface area contributed by atoms with Crippen LogP contribution in [0.3, 0.4) is 0 Å². The van der Waals surface area contributed by atoms with Gasteiger partial charge in [-0.2, -0.15) is 0 Å². The van der Waals surface area contributed by atoms with Gasteiger partial charge in [0.1, 0.15) is 5.03 Å². The van der Waals surface area contributed by atoms with Gasteiger partial charge >= 0.3 is 0 Å². The van der Waals surface area contributed by atoms with Crippen molar-refractivity contribution in [3.05, 3.63) is 29.6 Å². The van der Waals surface area contributed by atoms with Gasteiger partial charge < -0.3 is 10.5 Å². The fourth-order valence-electron chi connectivity index (χ4n) is 1.23. The van der Waals surface area contributed by atoms with Crippen LogP contribution in [-0.2, 0) is 0 Å². The molecule has 0 bridgehead atoms. The summed E-state index contributed by atoms with van der Waals surface area (Å²) in [6.07, 6.45) is 0.948. The summed E-state index contributed by atoms with van der Waals surface area (Å²) >= 11 is 3.32. The summed E-state index contributed by atoms with van der Waals surface area (Å²) in [5.41, 5.74) is 6.40. The van der Waals surface area contributed by atoms with E-state index in [0.29, 0.717) is 18.2 Å². The highest BCUT2D eigenvalue weighted by molar-refractivity contribution is 8.01. The second-order valence-corrected chi connectivity index (χ2v) is 5.69. The van der Waals surface area contributed by atoms with Gasteiger partial charge in [0.05, 0.1) is 16.5 Å². The first-order chi connectivity index (χ1) is 8.29. The van der Waals surface area contributed by atoms with E-state index in [1.165, 1.54) is 4.21 Å². The van der Waals surface area contributed by atoms with E-state index in [4.69, 9.17) is 10.5 Å². The molecule has 0 unspecified atom stereocenters. The summed E-state index contributed by atoms with van der Waals surface area (Å²) in [7, 11) is 0. The maximum Gasteiger partial charge on any atom is 0.238 e. The third kappa shape index (κ3) is 3.38. The van der Waals surface area contributed by atoms with Crippen LogP contribution in [0, 0.1) is 0 Å². The molecular weight excluding hydrogens is 252 g/mol. The van der Waals surface area contributed by atoms with Gasteiger partial charge in [-0.25, -0.2) is 4.98 Å². The molecule has 0 fully saturated rings. The molecule has 0 saturated carbocycles. The maximum atomic E-state index is 5.81. The Morgan fingerprint density at radius 3 is 3.00 bits per heavy atom. The molecule has 2 N–H and O–H groups in total. The Balaban J connectivity index is 2.13. The molecule has 0 atom stereocenters. The summed E-state index contributed by atoms with van der Waals surface area (Å²) in [5.74, 6) is 0.536. The van der Waals surface area contributed by atoms with Crippen LogP contribution in [0.15, 0.2) is 38.9 Å². The lowest BCUT2D eigenvalue weighted by Gasteiger charge is -2.07. The van der Waals surface area contributed by atoms with Crippen LogP contribution < -0.4 is 10.5 Å². The number of thiophene rings is 1. The molecule has 0 amide bonds. The van der Waals surface area contributed by atoms with Crippen molar-refractivity contribution in [2.24, 2.45) is 0 Å². The molecule has 0 saturated heterocycles. The fourth-order valence-corrected chi connectivity index (χ4v) is 2.91. The summed E-state index contributed by atoms with van der Waals surface area (Å²) in [5, 5.41) is 2.96. The van der Waals surface area contributed by atoms with E-state index in [-0.39, 0.29) is 0 Å². The second kappa shape index (κ2) is 5.93. The minimum atomic E-state index is 0.536. The van der Waals surface area contributed by atoms with E-state index in [9.17, 15) is 0 Å². The quantitative estimate of drug-likeness (QED) is 0.897. The minimum Gasteiger partial charge on any atom is -0.476 e. The fraction of sp³-hybridized carbons (Fsp3) is 0.250. The van der Waals surface area contributed by atoms with Gasteiger partial charge in [0.2, 0.25) is 5.88 Å². The zero-order chi connectivity index (χ0) is 12.1. The molecule has 0 spiro atoms. The van der Waals surface area contributed by atoms with Crippen molar-refractivity contribution in [1.29, 1.82) is 0 Å². The van der Waals surface area contributed by atoms with Gasteiger partial charge in [-0.3, -0.25) is 0 Å². The normalized spacial score (nSPS) is 10.4. The average molecular weight is 266 g/mol. The van der Waals surface area contributed by atoms with Gasteiger partial charge in [0.25, 0.3) is 0 Å². The molecule has 2 aromatic heterocycles. The first kappa shape index (κ1) is 12.3. The Kier molecular flexibility index (Phi) is 4.28. The van der Waals surface area contributed by atoms with E-state index >= 15 is 0 Å². The maximum absolute atomic E-state index is 5.81. The molecular formula is C12H14N2OS2. The molecule has 2 aromatic rings. The Morgan fingerprint density at radius 1 is 1.41 bits per heavy atom. The van der Waals surface area contributed by atoms with Gasteiger partial charge in [-0.15, -0.1) is 11.3 Å². The highest BCUT2D eigenvalue weighted by atomic mass is 32.2. The van der Waals surface area contributed by atoms with Crippen LogP contribution >= 0.6 is 23.1 Å². The number of rotatable bonds is 5. The number of hydrogen-bond donors (Lipinski definition) is 1. The molecule has 0 radical (unpaired) electrons. The van der Waals surface area contributed by atoms with Crippen molar-refractivity contribution in [3.8, 4) is 5.88 Å².